The quantitative estimate of drug-likeness (QED) is 0.510. The third kappa shape index (κ3) is 4.17. The van der Waals surface area contributed by atoms with E-state index in [2.05, 4.69) is 5.32 Å². The van der Waals surface area contributed by atoms with Gasteiger partial charge < -0.3 is 19.2 Å². The molecular weight excluding hydrogens is 450 g/mol. The van der Waals surface area contributed by atoms with Crippen molar-refractivity contribution in [3.05, 3.63) is 68.9 Å². The normalized spacial score (nSPS) is 23.0. The van der Waals surface area contributed by atoms with Crippen LogP contribution in [0.3, 0.4) is 0 Å². The molecule has 35 heavy (non-hydrogen) atoms. The number of hydrogen-bond acceptors (Lipinski definition) is 8. The van der Waals surface area contributed by atoms with Crippen molar-refractivity contribution in [3.8, 4) is 0 Å². The molecular formula is C27H29NO7. The van der Waals surface area contributed by atoms with Gasteiger partial charge in [-0.2, -0.15) is 0 Å². The minimum absolute atomic E-state index is 0.139. The molecule has 0 saturated heterocycles. The molecule has 2 aromatic rings. The minimum atomic E-state index is -1.05. The van der Waals surface area contributed by atoms with E-state index < -0.39 is 29.6 Å². The Hall–Kier alpha value is -3.68. The van der Waals surface area contributed by atoms with Gasteiger partial charge >= 0.3 is 11.9 Å². The van der Waals surface area contributed by atoms with E-state index in [0.29, 0.717) is 35.2 Å². The number of nitrogens with one attached hydrogen (secondary N) is 1. The van der Waals surface area contributed by atoms with E-state index in [1.807, 2.05) is 6.92 Å². The lowest BCUT2D eigenvalue weighted by atomic mass is 9.69. The maximum absolute atomic E-state index is 13.8. The lowest BCUT2D eigenvalue weighted by molar-refractivity contribution is -0.151. The number of para-hydroxylation sites is 1. The highest BCUT2D eigenvalue weighted by atomic mass is 16.5. The number of ketones is 1. The molecule has 2 aliphatic rings. The van der Waals surface area contributed by atoms with Crippen LogP contribution >= 0.6 is 0 Å². The van der Waals surface area contributed by atoms with E-state index >= 15 is 0 Å². The van der Waals surface area contributed by atoms with Crippen molar-refractivity contribution in [2.45, 2.75) is 52.6 Å². The lowest BCUT2D eigenvalue weighted by Crippen LogP contribution is -2.44. The van der Waals surface area contributed by atoms with Gasteiger partial charge in [0.15, 0.2) is 11.2 Å². The topological polar surface area (TPSA) is 112 Å². The number of carbonyl (C=O) groups excluding carboxylic acids is 3. The Labute approximate surface area is 203 Å². The number of ether oxygens (including phenoxy) is 2. The van der Waals surface area contributed by atoms with Crippen LogP contribution in [0.1, 0.15) is 52.0 Å². The second kappa shape index (κ2) is 9.52. The molecule has 1 aromatic carbocycles. The summed E-state index contributed by atoms with van der Waals surface area (Å²) in [6, 6.07) is 6.78. The molecule has 2 heterocycles. The van der Waals surface area contributed by atoms with Crippen LogP contribution in [0.25, 0.3) is 11.0 Å². The van der Waals surface area contributed by atoms with Crippen LogP contribution in [0.4, 0.5) is 0 Å². The van der Waals surface area contributed by atoms with Crippen molar-refractivity contribution < 1.29 is 28.3 Å². The third-order valence-electron chi connectivity index (χ3n) is 6.86. The van der Waals surface area contributed by atoms with Gasteiger partial charge in [0, 0.05) is 22.5 Å². The van der Waals surface area contributed by atoms with E-state index in [9.17, 15) is 19.2 Å². The summed E-state index contributed by atoms with van der Waals surface area (Å²) >= 11 is 0. The molecule has 8 heteroatoms. The van der Waals surface area contributed by atoms with Crippen molar-refractivity contribution in [3.63, 3.8) is 0 Å². The van der Waals surface area contributed by atoms with Gasteiger partial charge in [0.25, 0.3) is 0 Å². The van der Waals surface area contributed by atoms with Gasteiger partial charge in [-0.1, -0.05) is 26.0 Å². The highest BCUT2D eigenvalue weighted by molar-refractivity contribution is 6.12. The lowest BCUT2D eigenvalue weighted by Gasteiger charge is -2.38. The van der Waals surface area contributed by atoms with Crippen LogP contribution in [0.2, 0.25) is 0 Å². The zero-order chi connectivity index (χ0) is 25.4. The molecule has 1 aliphatic carbocycles. The van der Waals surface area contributed by atoms with Gasteiger partial charge in [-0.25, -0.2) is 4.79 Å². The predicted molar refractivity (Wildman–Crippen MR) is 128 cm³/mol. The molecule has 0 saturated carbocycles. The first-order valence-corrected chi connectivity index (χ1v) is 11.7. The number of fused-ring (bicyclic) bond motifs is 1. The molecule has 184 valence electrons. The number of Topliss-reactive ketones (excluding diaryl/α,β-unsaturated/α-hetero) is 1. The first-order chi connectivity index (χ1) is 16.7. The fraction of sp³-hybridized carbons (Fsp3) is 0.407. The average Bonchev–Trinajstić information content (AvgIpc) is 2.83. The van der Waals surface area contributed by atoms with E-state index in [0.717, 1.165) is 0 Å². The van der Waals surface area contributed by atoms with Gasteiger partial charge in [-0.3, -0.25) is 14.4 Å². The molecule has 1 aliphatic heterocycles. The number of benzene rings is 1. The SMILES string of the molecule is CC[C@H](C)OC(=O)C1=C(C)NC2=C(C(=O)[C@H](C(=O)OC)[C@H](C)C2)[C@@H]1c1coc2ccccc2c1=O. The summed E-state index contributed by atoms with van der Waals surface area (Å²) in [4.78, 5) is 53.3. The highest BCUT2D eigenvalue weighted by Crippen LogP contribution is 2.45. The number of esters is 2. The monoisotopic (exact) mass is 479 g/mol. The summed E-state index contributed by atoms with van der Waals surface area (Å²) in [5.41, 5.74) is 1.60. The molecule has 4 atom stereocenters. The Balaban J connectivity index is 1.95. The Bertz CT molecular complexity index is 1330. The van der Waals surface area contributed by atoms with E-state index in [4.69, 9.17) is 13.9 Å². The maximum atomic E-state index is 13.8. The first kappa shape index (κ1) is 24.4. The highest BCUT2D eigenvalue weighted by Gasteiger charge is 2.48. The van der Waals surface area contributed by atoms with Crippen molar-refractivity contribution in [2.75, 3.05) is 7.11 Å². The minimum Gasteiger partial charge on any atom is -0.468 e. The molecule has 4 rings (SSSR count). The van der Waals surface area contributed by atoms with E-state index in [1.165, 1.54) is 13.4 Å². The van der Waals surface area contributed by atoms with Crippen LogP contribution in [0, 0.1) is 11.8 Å². The summed E-state index contributed by atoms with van der Waals surface area (Å²) in [7, 11) is 1.24. The molecule has 1 aromatic heterocycles. The van der Waals surface area contributed by atoms with Crippen molar-refractivity contribution in [1.29, 1.82) is 0 Å². The molecule has 0 spiro atoms. The van der Waals surface area contributed by atoms with Gasteiger partial charge in [0.1, 0.15) is 11.5 Å². The zero-order valence-corrected chi connectivity index (χ0v) is 20.5. The number of rotatable bonds is 5. The number of methoxy groups -OCH3 is 1. The first-order valence-electron chi connectivity index (χ1n) is 11.7. The van der Waals surface area contributed by atoms with E-state index in [-0.39, 0.29) is 34.2 Å². The van der Waals surface area contributed by atoms with E-state index in [1.54, 1.807) is 45.0 Å². The van der Waals surface area contributed by atoms with Crippen molar-refractivity contribution in [2.24, 2.45) is 11.8 Å². The summed E-state index contributed by atoms with van der Waals surface area (Å²) in [6.45, 7) is 7.18. The molecule has 1 N–H and O–H groups in total. The van der Waals surface area contributed by atoms with Crippen LogP contribution < -0.4 is 10.7 Å². The third-order valence-corrected chi connectivity index (χ3v) is 6.86. The Morgan fingerprint density at radius 2 is 1.94 bits per heavy atom. The summed E-state index contributed by atoms with van der Waals surface area (Å²) < 4.78 is 16.3. The number of hydrogen-bond donors (Lipinski definition) is 1. The summed E-state index contributed by atoms with van der Waals surface area (Å²) in [5.74, 6) is -4.16. The van der Waals surface area contributed by atoms with Crippen LogP contribution in [-0.2, 0) is 23.9 Å². The molecule has 0 fully saturated rings. The molecule has 0 radical (unpaired) electrons. The summed E-state index contributed by atoms with van der Waals surface area (Å²) in [5, 5.41) is 3.52. The maximum Gasteiger partial charge on any atom is 0.337 e. The standard InChI is InChI=1S/C27H29NO7/c1-6-14(3)35-27(32)21-15(4)28-18-11-13(2)20(26(31)33-5)25(30)23(18)22(21)17-12-34-19-10-8-7-9-16(19)24(17)29/h7-10,12-14,20,22,28H,6,11H2,1-5H3/t13-,14+,20-,22-/m1/s1. The number of dihydropyridines is 1. The second-order valence-corrected chi connectivity index (χ2v) is 9.18. The van der Waals surface area contributed by atoms with Gasteiger partial charge in [0.05, 0.1) is 36.4 Å². The van der Waals surface area contributed by atoms with Gasteiger partial charge in [-0.15, -0.1) is 0 Å². The van der Waals surface area contributed by atoms with Crippen LogP contribution in [-0.4, -0.2) is 30.9 Å². The number of carbonyl (C=O) groups is 3. The van der Waals surface area contributed by atoms with Crippen molar-refractivity contribution in [1.82, 2.24) is 5.32 Å². The summed E-state index contributed by atoms with van der Waals surface area (Å²) in [6.07, 6.45) is 1.91. The Morgan fingerprint density at radius 3 is 2.63 bits per heavy atom. The largest absolute Gasteiger partial charge is 0.468 e. The second-order valence-electron chi connectivity index (χ2n) is 9.18. The fourth-order valence-corrected chi connectivity index (χ4v) is 4.88. The number of allylic oxidation sites excluding steroid dienone is 3. The van der Waals surface area contributed by atoms with Gasteiger partial charge in [0.2, 0.25) is 0 Å². The Kier molecular flexibility index (Phi) is 6.65. The Morgan fingerprint density at radius 1 is 1.23 bits per heavy atom. The zero-order valence-electron chi connectivity index (χ0n) is 20.5. The predicted octanol–water partition coefficient (Wildman–Crippen LogP) is 3.75. The van der Waals surface area contributed by atoms with Crippen LogP contribution in [0.5, 0.6) is 0 Å². The fourth-order valence-electron chi connectivity index (χ4n) is 4.88. The van der Waals surface area contributed by atoms with Crippen molar-refractivity contribution >= 4 is 28.7 Å². The average molecular weight is 480 g/mol. The molecule has 8 nitrogen and oxygen atoms in total. The molecule has 0 unspecified atom stereocenters. The smallest absolute Gasteiger partial charge is 0.337 e. The van der Waals surface area contributed by atoms with Crippen LogP contribution in [0.15, 0.2) is 62.3 Å². The molecule has 0 amide bonds. The van der Waals surface area contributed by atoms with Gasteiger partial charge in [-0.05, 0) is 44.7 Å². The molecule has 0 bridgehead atoms.